The van der Waals surface area contributed by atoms with E-state index in [9.17, 15) is 5.11 Å². The van der Waals surface area contributed by atoms with Crippen molar-refractivity contribution >= 4 is 0 Å². The molecule has 0 aromatic rings. The number of hydrogen-bond donors (Lipinski definition) is 3. The van der Waals surface area contributed by atoms with Crippen molar-refractivity contribution in [1.82, 2.24) is 10.6 Å². The van der Waals surface area contributed by atoms with Crippen molar-refractivity contribution in [2.45, 2.75) is 38.3 Å². The highest BCUT2D eigenvalue weighted by Crippen LogP contribution is 1.99. The van der Waals surface area contributed by atoms with E-state index in [1.54, 1.807) is 0 Å². The first-order valence-electron chi connectivity index (χ1n) is 6.04. The zero-order valence-electron chi connectivity index (χ0n) is 9.67. The van der Waals surface area contributed by atoms with Gasteiger partial charge in [-0.15, -0.1) is 0 Å². The Kier molecular flexibility index (Phi) is 6.92. The summed E-state index contributed by atoms with van der Waals surface area (Å²) in [5, 5.41) is 16.4. The molecule has 3 N–H and O–H groups in total. The van der Waals surface area contributed by atoms with Gasteiger partial charge in [-0.3, -0.25) is 0 Å². The molecule has 0 saturated carbocycles. The standard InChI is InChI=1S/C11H24N2O2/c1-2-3-4-5-12-8-11(14)10-9-15-7-6-13-10/h10-14H,2-9H2,1H3. The lowest BCUT2D eigenvalue weighted by Crippen LogP contribution is -2.51. The van der Waals surface area contributed by atoms with Crippen LogP contribution in [0.5, 0.6) is 0 Å². The van der Waals surface area contributed by atoms with Crippen molar-refractivity contribution < 1.29 is 9.84 Å². The lowest BCUT2D eigenvalue weighted by molar-refractivity contribution is 0.0189. The second-order valence-corrected chi connectivity index (χ2v) is 4.11. The third-order valence-corrected chi connectivity index (χ3v) is 2.73. The molecule has 0 aromatic carbocycles. The van der Waals surface area contributed by atoms with Crippen molar-refractivity contribution in [2.24, 2.45) is 0 Å². The molecule has 2 unspecified atom stereocenters. The van der Waals surface area contributed by atoms with E-state index >= 15 is 0 Å². The molecule has 90 valence electrons. The maximum Gasteiger partial charge on any atom is 0.0839 e. The van der Waals surface area contributed by atoms with Gasteiger partial charge in [0.15, 0.2) is 0 Å². The summed E-state index contributed by atoms with van der Waals surface area (Å²) in [5.41, 5.74) is 0. The van der Waals surface area contributed by atoms with Crippen molar-refractivity contribution in [3.8, 4) is 0 Å². The molecular weight excluding hydrogens is 192 g/mol. The summed E-state index contributed by atoms with van der Waals surface area (Å²) in [6.45, 7) is 6.07. The molecule has 0 aliphatic carbocycles. The molecule has 1 saturated heterocycles. The van der Waals surface area contributed by atoms with Crippen molar-refractivity contribution in [1.29, 1.82) is 0 Å². The largest absolute Gasteiger partial charge is 0.390 e. The summed E-state index contributed by atoms with van der Waals surface area (Å²) in [7, 11) is 0. The average molecular weight is 216 g/mol. The fourth-order valence-corrected chi connectivity index (χ4v) is 1.73. The van der Waals surface area contributed by atoms with Gasteiger partial charge in [-0.05, 0) is 13.0 Å². The van der Waals surface area contributed by atoms with Crippen molar-refractivity contribution in [3.63, 3.8) is 0 Å². The van der Waals surface area contributed by atoms with E-state index in [1.807, 2.05) is 0 Å². The predicted octanol–water partition coefficient (Wildman–Crippen LogP) is 0.116. The van der Waals surface area contributed by atoms with Crippen LogP contribution in [0.15, 0.2) is 0 Å². The van der Waals surface area contributed by atoms with E-state index in [0.29, 0.717) is 13.2 Å². The molecule has 15 heavy (non-hydrogen) atoms. The van der Waals surface area contributed by atoms with Gasteiger partial charge in [-0.25, -0.2) is 0 Å². The molecule has 1 aliphatic rings. The molecule has 1 aliphatic heterocycles. The Morgan fingerprint density at radius 2 is 2.40 bits per heavy atom. The monoisotopic (exact) mass is 216 g/mol. The van der Waals surface area contributed by atoms with Crippen LogP contribution in [0.4, 0.5) is 0 Å². The Labute approximate surface area is 92.4 Å². The molecule has 4 heteroatoms. The topological polar surface area (TPSA) is 53.5 Å². The number of nitrogens with one attached hydrogen (secondary N) is 2. The van der Waals surface area contributed by atoms with Gasteiger partial charge in [0.25, 0.3) is 0 Å². The Balaban J connectivity index is 1.99. The normalized spacial score (nSPS) is 24.0. The maximum atomic E-state index is 9.83. The molecular formula is C11H24N2O2. The zero-order chi connectivity index (χ0) is 10.9. The van der Waals surface area contributed by atoms with Gasteiger partial charge in [-0.1, -0.05) is 19.8 Å². The van der Waals surface area contributed by atoms with Gasteiger partial charge < -0.3 is 20.5 Å². The van der Waals surface area contributed by atoms with Crippen LogP contribution in [-0.4, -0.2) is 50.1 Å². The summed E-state index contributed by atoms with van der Waals surface area (Å²) in [6.07, 6.45) is 3.35. The third kappa shape index (κ3) is 5.47. The van der Waals surface area contributed by atoms with Crippen LogP contribution in [0.2, 0.25) is 0 Å². The first-order chi connectivity index (χ1) is 7.34. The first-order valence-corrected chi connectivity index (χ1v) is 6.04. The van der Waals surface area contributed by atoms with Crippen molar-refractivity contribution in [3.05, 3.63) is 0 Å². The molecule has 1 fully saturated rings. The predicted molar refractivity (Wildman–Crippen MR) is 61.0 cm³/mol. The van der Waals surface area contributed by atoms with Gasteiger partial charge in [0.2, 0.25) is 0 Å². The lowest BCUT2D eigenvalue weighted by atomic mass is 10.1. The van der Waals surface area contributed by atoms with Gasteiger partial charge in [-0.2, -0.15) is 0 Å². The fraction of sp³-hybridized carbons (Fsp3) is 1.00. The molecule has 0 bridgehead atoms. The number of rotatable bonds is 7. The van der Waals surface area contributed by atoms with Crippen LogP contribution in [-0.2, 0) is 4.74 Å². The molecule has 2 atom stereocenters. The van der Waals surface area contributed by atoms with Crippen LogP contribution in [0, 0.1) is 0 Å². The van der Waals surface area contributed by atoms with E-state index in [-0.39, 0.29) is 12.1 Å². The maximum absolute atomic E-state index is 9.83. The smallest absolute Gasteiger partial charge is 0.0839 e. The molecule has 4 nitrogen and oxygen atoms in total. The van der Waals surface area contributed by atoms with E-state index < -0.39 is 0 Å². The highest BCUT2D eigenvalue weighted by atomic mass is 16.5. The molecule has 0 aromatic heterocycles. The summed E-state index contributed by atoms with van der Waals surface area (Å²) >= 11 is 0. The van der Waals surface area contributed by atoms with E-state index in [1.165, 1.54) is 19.3 Å². The summed E-state index contributed by atoms with van der Waals surface area (Å²) in [6, 6.07) is 0.0948. The van der Waals surface area contributed by atoms with Crippen LogP contribution in [0.3, 0.4) is 0 Å². The molecule has 1 heterocycles. The van der Waals surface area contributed by atoms with E-state index in [2.05, 4.69) is 17.6 Å². The lowest BCUT2D eigenvalue weighted by Gasteiger charge is -2.28. The summed E-state index contributed by atoms with van der Waals surface area (Å²) in [5.74, 6) is 0. The first kappa shape index (κ1) is 12.9. The minimum atomic E-state index is -0.341. The fourth-order valence-electron chi connectivity index (χ4n) is 1.73. The van der Waals surface area contributed by atoms with E-state index in [4.69, 9.17) is 4.74 Å². The Morgan fingerprint density at radius 3 is 3.07 bits per heavy atom. The van der Waals surface area contributed by atoms with Gasteiger partial charge in [0.05, 0.1) is 25.4 Å². The Morgan fingerprint density at radius 1 is 1.53 bits per heavy atom. The molecule has 1 rings (SSSR count). The van der Waals surface area contributed by atoms with Gasteiger partial charge in [0, 0.05) is 13.1 Å². The number of aliphatic hydroxyl groups is 1. The SMILES string of the molecule is CCCCCNCC(O)C1COCCN1. The second-order valence-electron chi connectivity index (χ2n) is 4.11. The molecule has 0 radical (unpaired) electrons. The molecule has 0 spiro atoms. The number of morpholine rings is 1. The third-order valence-electron chi connectivity index (χ3n) is 2.73. The van der Waals surface area contributed by atoms with Crippen molar-refractivity contribution in [2.75, 3.05) is 32.8 Å². The number of aliphatic hydroxyl groups excluding tert-OH is 1. The number of ether oxygens (including phenoxy) is 1. The number of hydrogen-bond acceptors (Lipinski definition) is 4. The van der Waals surface area contributed by atoms with Crippen LogP contribution in [0.25, 0.3) is 0 Å². The highest BCUT2D eigenvalue weighted by Gasteiger charge is 2.20. The minimum absolute atomic E-state index is 0.0948. The van der Waals surface area contributed by atoms with Crippen LogP contribution >= 0.6 is 0 Å². The van der Waals surface area contributed by atoms with E-state index in [0.717, 1.165) is 19.7 Å². The Bertz CT molecular complexity index is 150. The number of unbranched alkanes of at least 4 members (excludes halogenated alkanes) is 2. The quantitative estimate of drug-likeness (QED) is 0.529. The van der Waals surface area contributed by atoms with Crippen LogP contribution in [0.1, 0.15) is 26.2 Å². The molecule has 0 amide bonds. The Hall–Kier alpha value is -0.160. The van der Waals surface area contributed by atoms with Gasteiger partial charge in [0.1, 0.15) is 0 Å². The summed E-state index contributed by atoms with van der Waals surface area (Å²) in [4.78, 5) is 0. The summed E-state index contributed by atoms with van der Waals surface area (Å²) < 4.78 is 5.30. The minimum Gasteiger partial charge on any atom is -0.390 e. The second kappa shape index (κ2) is 8.05. The average Bonchev–Trinajstić information content (AvgIpc) is 2.30. The van der Waals surface area contributed by atoms with Gasteiger partial charge >= 0.3 is 0 Å². The van der Waals surface area contributed by atoms with Crippen LogP contribution < -0.4 is 10.6 Å². The highest BCUT2D eigenvalue weighted by molar-refractivity contribution is 4.79. The zero-order valence-corrected chi connectivity index (χ0v) is 9.67.